The number of amides is 3. The van der Waals surface area contributed by atoms with E-state index in [0.717, 1.165) is 29.5 Å². The number of carbonyl (C=O) groups excluding carboxylic acids is 3. The summed E-state index contributed by atoms with van der Waals surface area (Å²) in [7, 11) is 0. The monoisotopic (exact) mass is 445 g/mol. The van der Waals surface area contributed by atoms with E-state index in [-0.39, 0.29) is 12.5 Å². The number of nitrogens with zero attached hydrogens (tertiary/aromatic N) is 1. The van der Waals surface area contributed by atoms with Crippen LogP contribution in [0.25, 0.3) is 0 Å². The van der Waals surface area contributed by atoms with Crippen molar-refractivity contribution >= 4 is 17.9 Å². The second-order valence-corrected chi connectivity index (χ2v) is 9.00. The predicted octanol–water partition coefficient (Wildman–Crippen LogP) is 4.19. The number of ether oxygens (including phenoxy) is 1. The van der Waals surface area contributed by atoms with E-state index in [9.17, 15) is 14.4 Å². The van der Waals surface area contributed by atoms with Crippen molar-refractivity contribution in [1.29, 1.82) is 0 Å². The van der Waals surface area contributed by atoms with Crippen molar-refractivity contribution in [2.24, 2.45) is 0 Å². The van der Waals surface area contributed by atoms with Crippen LogP contribution in [0.4, 0.5) is 4.79 Å². The number of nitrogens with one attached hydrogen (secondary N) is 2. The largest absolute Gasteiger partial charge is 0.444 e. The van der Waals surface area contributed by atoms with Crippen molar-refractivity contribution < 1.29 is 19.1 Å². The normalized spacial score (nSPS) is 13.0. The van der Waals surface area contributed by atoms with Crippen LogP contribution in [-0.2, 0) is 14.3 Å². The van der Waals surface area contributed by atoms with Gasteiger partial charge in [-0.1, -0.05) is 37.6 Å². The van der Waals surface area contributed by atoms with Crippen molar-refractivity contribution in [2.75, 3.05) is 13.1 Å². The van der Waals surface area contributed by atoms with Gasteiger partial charge in [-0.25, -0.2) is 4.79 Å². The van der Waals surface area contributed by atoms with Gasteiger partial charge in [-0.3, -0.25) is 9.59 Å². The van der Waals surface area contributed by atoms with E-state index in [0.29, 0.717) is 6.54 Å². The Morgan fingerprint density at radius 2 is 1.78 bits per heavy atom. The number of unbranched alkanes of at least 4 members (excludes halogenated alkanes) is 1. The lowest BCUT2D eigenvalue weighted by atomic mass is 9.93. The molecule has 7 heteroatoms. The second kappa shape index (κ2) is 12.3. The molecule has 1 aromatic rings. The van der Waals surface area contributed by atoms with E-state index in [2.05, 4.69) is 17.2 Å². The maximum absolute atomic E-state index is 13.4. The summed E-state index contributed by atoms with van der Waals surface area (Å²) in [6.45, 7) is 17.2. The van der Waals surface area contributed by atoms with Crippen LogP contribution in [-0.4, -0.2) is 47.5 Å². The number of rotatable bonds is 10. The molecule has 0 radical (unpaired) electrons. The zero-order valence-corrected chi connectivity index (χ0v) is 20.6. The van der Waals surface area contributed by atoms with Crippen LogP contribution in [0, 0.1) is 13.8 Å². The first kappa shape index (κ1) is 27.2. The Kier molecular flexibility index (Phi) is 10.4. The molecule has 2 atom stereocenters. The van der Waals surface area contributed by atoms with Gasteiger partial charge in [-0.05, 0) is 64.7 Å². The Balaban J connectivity index is 3.31. The quantitative estimate of drug-likeness (QED) is 0.418. The van der Waals surface area contributed by atoms with Crippen LogP contribution in [0.2, 0.25) is 0 Å². The fourth-order valence-electron chi connectivity index (χ4n) is 3.43. The topological polar surface area (TPSA) is 87.7 Å². The van der Waals surface area contributed by atoms with Crippen molar-refractivity contribution in [3.05, 3.63) is 47.5 Å². The molecule has 7 nitrogen and oxygen atoms in total. The number of hydrogen-bond donors (Lipinski definition) is 2. The maximum atomic E-state index is 13.4. The predicted molar refractivity (Wildman–Crippen MR) is 127 cm³/mol. The molecule has 0 saturated heterocycles. The van der Waals surface area contributed by atoms with Crippen LogP contribution in [0.3, 0.4) is 0 Å². The molecule has 0 aliphatic heterocycles. The first-order chi connectivity index (χ1) is 14.9. The second-order valence-electron chi connectivity index (χ2n) is 9.00. The van der Waals surface area contributed by atoms with Gasteiger partial charge in [0.2, 0.25) is 11.8 Å². The molecule has 0 spiro atoms. The van der Waals surface area contributed by atoms with Gasteiger partial charge in [0.25, 0.3) is 0 Å². The maximum Gasteiger partial charge on any atom is 0.408 e. The van der Waals surface area contributed by atoms with Gasteiger partial charge in [0.05, 0.1) is 0 Å². The van der Waals surface area contributed by atoms with E-state index in [1.165, 1.54) is 4.90 Å². The fraction of sp³-hybridized carbons (Fsp3) is 0.560. The number of carbonyl (C=O) groups is 3. The van der Waals surface area contributed by atoms with Crippen molar-refractivity contribution in [3.63, 3.8) is 0 Å². The Labute approximate surface area is 192 Å². The van der Waals surface area contributed by atoms with Gasteiger partial charge >= 0.3 is 6.09 Å². The summed E-state index contributed by atoms with van der Waals surface area (Å²) in [6.07, 6.45) is 2.68. The van der Waals surface area contributed by atoms with Crippen LogP contribution < -0.4 is 10.6 Å². The van der Waals surface area contributed by atoms with Crippen LogP contribution in [0.5, 0.6) is 0 Å². The number of alkyl carbamates (subject to hydrolysis) is 1. The Bertz CT molecular complexity index is 794. The van der Waals surface area contributed by atoms with E-state index < -0.39 is 29.7 Å². The highest BCUT2D eigenvalue weighted by molar-refractivity contribution is 5.92. The molecule has 0 bridgehead atoms. The molecule has 2 unspecified atom stereocenters. The lowest BCUT2D eigenvalue weighted by Gasteiger charge is -2.34. The highest BCUT2D eigenvalue weighted by atomic mass is 16.6. The Morgan fingerprint density at radius 1 is 1.19 bits per heavy atom. The molecule has 1 rings (SSSR count). The number of hydrogen-bond acceptors (Lipinski definition) is 4. The number of aryl methyl sites for hydroxylation is 2. The summed E-state index contributed by atoms with van der Waals surface area (Å²) >= 11 is 0. The molecule has 2 N–H and O–H groups in total. The molecule has 0 saturated carbocycles. The summed E-state index contributed by atoms with van der Waals surface area (Å²) in [5.41, 5.74) is 1.92. The average molecular weight is 446 g/mol. The third kappa shape index (κ3) is 8.02. The summed E-state index contributed by atoms with van der Waals surface area (Å²) in [5, 5.41) is 5.55. The van der Waals surface area contributed by atoms with Crippen molar-refractivity contribution in [2.45, 2.75) is 79.0 Å². The SMILES string of the molecule is C=CCN(C(=O)C(C)NC(=O)OC(C)(C)C)C(C(=O)NCCCC)c1c(C)cccc1C. The highest BCUT2D eigenvalue weighted by Crippen LogP contribution is 2.28. The first-order valence-corrected chi connectivity index (χ1v) is 11.2. The molecular formula is C25H39N3O4. The lowest BCUT2D eigenvalue weighted by Crippen LogP contribution is -2.52. The third-order valence-corrected chi connectivity index (χ3v) is 4.92. The third-order valence-electron chi connectivity index (χ3n) is 4.92. The molecule has 0 aliphatic carbocycles. The molecule has 0 aliphatic rings. The van der Waals surface area contributed by atoms with Crippen LogP contribution >= 0.6 is 0 Å². The summed E-state index contributed by atoms with van der Waals surface area (Å²) in [4.78, 5) is 40.4. The van der Waals surface area contributed by atoms with Gasteiger partial charge < -0.3 is 20.3 Å². The number of benzene rings is 1. The van der Waals surface area contributed by atoms with E-state index >= 15 is 0 Å². The molecule has 0 aromatic heterocycles. The van der Waals surface area contributed by atoms with Crippen LogP contribution in [0.15, 0.2) is 30.9 Å². The molecule has 0 heterocycles. The smallest absolute Gasteiger partial charge is 0.408 e. The minimum atomic E-state index is -0.889. The molecular weight excluding hydrogens is 406 g/mol. The van der Waals surface area contributed by atoms with Gasteiger partial charge in [0.15, 0.2) is 0 Å². The standard InChI is InChI=1S/C25H39N3O4/c1-9-11-15-26-22(29)21(20-17(3)13-12-14-18(20)4)28(16-10-2)23(30)19(5)27-24(31)32-25(6,7)8/h10,12-14,19,21H,2,9,11,15-16H2,1,3-8H3,(H,26,29)(H,27,31). The summed E-state index contributed by atoms with van der Waals surface area (Å²) in [6, 6.07) is 4.04. The molecule has 1 aromatic carbocycles. The summed E-state index contributed by atoms with van der Waals surface area (Å²) in [5.74, 6) is -0.649. The molecule has 0 fully saturated rings. The van der Waals surface area contributed by atoms with Crippen LogP contribution in [0.1, 0.15) is 70.2 Å². The van der Waals surface area contributed by atoms with E-state index in [4.69, 9.17) is 4.74 Å². The highest BCUT2D eigenvalue weighted by Gasteiger charge is 2.35. The zero-order valence-electron chi connectivity index (χ0n) is 20.6. The zero-order chi connectivity index (χ0) is 24.5. The lowest BCUT2D eigenvalue weighted by molar-refractivity contribution is -0.141. The molecule has 32 heavy (non-hydrogen) atoms. The van der Waals surface area contributed by atoms with E-state index in [1.807, 2.05) is 39.0 Å². The Morgan fingerprint density at radius 3 is 2.28 bits per heavy atom. The van der Waals surface area contributed by atoms with Gasteiger partial charge in [-0.2, -0.15) is 0 Å². The molecule has 178 valence electrons. The van der Waals surface area contributed by atoms with Gasteiger partial charge in [0, 0.05) is 13.1 Å². The average Bonchev–Trinajstić information content (AvgIpc) is 2.67. The van der Waals surface area contributed by atoms with E-state index in [1.54, 1.807) is 33.8 Å². The van der Waals surface area contributed by atoms with Crippen molar-refractivity contribution in [3.8, 4) is 0 Å². The minimum absolute atomic E-state index is 0.152. The van der Waals surface area contributed by atoms with Crippen molar-refractivity contribution in [1.82, 2.24) is 15.5 Å². The fourth-order valence-corrected chi connectivity index (χ4v) is 3.43. The first-order valence-electron chi connectivity index (χ1n) is 11.2. The summed E-state index contributed by atoms with van der Waals surface area (Å²) < 4.78 is 5.27. The minimum Gasteiger partial charge on any atom is -0.444 e. The van der Waals surface area contributed by atoms with Gasteiger partial charge in [-0.15, -0.1) is 6.58 Å². The molecule has 3 amide bonds. The Hall–Kier alpha value is -2.83. The van der Waals surface area contributed by atoms with Gasteiger partial charge in [0.1, 0.15) is 17.7 Å².